The monoisotopic (exact) mass is 411 g/mol. The van der Waals surface area contributed by atoms with Crippen LogP contribution in [0, 0.1) is 12.7 Å². The molecule has 2 heterocycles. The lowest BCUT2D eigenvalue weighted by molar-refractivity contribution is 0.102. The summed E-state index contributed by atoms with van der Waals surface area (Å²) in [6.45, 7) is 2.15. The van der Waals surface area contributed by atoms with Gasteiger partial charge in [-0.05, 0) is 43.3 Å². The molecular formula is C25H18FN3O2. The van der Waals surface area contributed by atoms with Crippen LogP contribution in [0.25, 0.3) is 22.5 Å². The maximum Gasteiger partial charge on any atom is 0.228 e. The summed E-state index contributed by atoms with van der Waals surface area (Å²) in [7, 11) is 0. The van der Waals surface area contributed by atoms with E-state index in [-0.39, 0.29) is 17.2 Å². The number of hydrogen-bond acceptors (Lipinski definition) is 4. The fraction of sp³-hybridized carbons (Fsp3) is 0.0800. The molecule has 6 heteroatoms. The zero-order valence-electron chi connectivity index (χ0n) is 16.7. The molecule has 2 aromatic heterocycles. The average molecular weight is 411 g/mol. The Morgan fingerprint density at radius 3 is 2.55 bits per heavy atom. The average Bonchev–Trinajstić information content (AvgIpc) is 3.35. The minimum Gasteiger partial charge on any atom is -0.441 e. The van der Waals surface area contributed by atoms with E-state index in [1.165, 1.54) is 18.2 Å². The molecule has 0 unspecified atom stereocenters. The zero-order valence-corrected chi connectivity index (χ0v) is 16.7. The molecule has 0 N–H and O–H groups in total. The molecule has 0 aliphatic carbocycles. The molecule has 5 aromatic rings. The van der Waals surface area contributed by atoms with Crippen LogP contribution in [0.2, 0.25) is 0 Å². The molecule has 31 heavy (non-hydrogen) atoms. The van der Waals surface area contributed by atoms with Gasteiger partial charge in [0, 0.05) is 11.1 Å². The number of nitrogens with zero attached hydrogens (tertiary/aromatic N) is 3. The van der Waals surface area contributed by atoms with Crippen LogP contribution in [-0.4, -0.2) is 20.3 Å². The summed E-state index contributed by atoms with van der Waals surface area (Å²) in [5.74, 6) is 0.611. The Balaban J connectivity index is 1.60. The van der Waals surface area contributed by atoms with Crippen molar-refractivity contribution >= 4 is 16.8 Å². The molecule has 5 rings (SSSR count). The van der Waals surface area contributed by atoms with Gasteiger partial charge in [0.2, 0.25) is 11.7 Å². The van der Waals surface area contributed by atoms with Gasteiger partial charge in [0.05, 0.1) is 17.6 Å². The summed E-state index contributed by atoms with van der Waals surface area (Å²) in [6.07, 6.45) is 0. The second-order valence-electron chi connectivity index (χ2n) is 7.24. The SMILES string of the molecule is Cc1oc(-c2ccccc2)nc1Cn1c(C(=O)c2cccc(F)c2)nc2ccccc21. The van der Waals surface area contributed by atoms with E-state index in [9.17, 15) is 9.18 Å². The number of imidazole rings is 1. The van der Waals surface area contributed by atoms with Crippen LogP contribution in [0.1, 0.15) is 27.6 Å². The van der Waals surface area contributed by atoms with Crippen LogP contribution in [0.5, 0.6) is 0 Å². The van der Waals surface area contributed by atoms with Crippen LogP contribution in [0.4, 0.5) is 4.39 Å². The number of oxazole rings is 1. The van der Waals surface area contributed by atoms with Crippen LogP contribution in [0.15, 0.2) is 83.3 Å². The maximum atomic E-state index is 13.7. The van der Waals surface area contributed by atoms with E-state index in [1.807, 2.05) is 66.1 Å². The summed E-state index contributed by atoms with van der Waals surface area (Å²) in [6, 6.07) is 22.8. The van der Waals surface area contributed by atoms with Crippen molar-refractivity contribution in [1.29, 1.82) is 0 Å². The number of aromatic nitrogens is 3. The topological polar surface area (TPSA) is 60.9 Å². The number of carbonyl (C=O) groups excluding carboxylic acids is 1. The van der Waals surface area contributed by atoms with Crippen LogP contribution < -0.4 is 0 Å². The third-order valence-electron chi connectivity index (χ3n) is 5.17. The van der Waals surface area contributed by atoms with Crippen molar-refractivity contribution in [3.8, 4) is 11.5 Å². The first kappa shape index (κ1) is 18.9. The smallest absolute Gasteiger partial charge is 0.228 e. The van der Waals surface area contributed by atoms with E-state index in [4.69, 9.17) is 4.42 Å². The van der Waals surface area contributed by atoms with Crippen LogP contribution in [-0.2, 0) is 6.54 Å². The Morgan fingerprint density at radius 2 is 1.74 bits per heavy atom. The van der Waals surface area contributed by atoms with Crippen molar-refractivity contribution in [3.63, 3.8) is 0 Å². The largest absolute Gasteiger partial charge is 0.441 e. The molecule has 0 saturated carbocycles. The van der Waals surface area contributed by atoms with Gasteiger partial charge in [-0.25, -0.2) is 14.4 Å². The van der Waals surface area contributed by atoms with Gasteiger partial charge in [-0.3, -0.25) is 4.79 Å². The number of benzene rings is 3. The van der Waals surface area contributed by atoms with E-state index in [2.05, 4.69) is 9.97 Å². The Kier molecular flexibility index (Phi) is 4.67. The molecular weight excluding hydrogens is 393 g/mol. The highest BCUT2D eigenvalue weighted by Crippen LogP contribution is 2.25. The number of ketones is 1. The zero-order chi connectivity index (χ0) is 21.4. The molecule has 0 radical (unpaired) electrons. The van der Waals surface area contributed by atoms with Crippen molar-refractivity contribution in [3.05, 3.63) is 108 Å². The minimum atomic E-state index is -0.464. The van der Waals surface area contributed by atoms with Gasteiger partial charge in [0.15, 0.2) is 5.82 Å². The lowest BCUT2D eigenvalue weighted by Crippen LogP contribution is -2.13. The second kappa shape index (κ2) is 7.65. The van der Waals surface area contributed by atoms with Gasteiger partial charge in [-0.2, -0.15) is 0 Å². The van der Waals surface area contributed by atoms with Crippen LogP contribution >= 0.6 is 0 Å². The molecule has 0 saturated heterocycles. The molecule has 0 aliphatic rings. The standard InChI is InChI=1S/C25H18FN3O2/c1-16-21(28-25(31-16)17-8-3-2-4-9-17)15-29-22-13-6-5-12-20(22)27-24(29)23(30)18-10-7-11-19(26)14-18/h2-14H,15H2,1H3. The summed E-state index contributed by atoms with van der Waals surface area (Å²) < 4.78 is 21.4. The molecule has 0 bridgehead atoms. The summed E-state index contributed by atoms with van der Waals surface area (Å²) >= 11 is 0. The molecule has 0 spiro atoms. The fourth-order valence-corrected chi connectivity index (χ4v) is 3.60. The fourth-order valence-electron chi connectivity index (χ4n) is 3.60. The molecule has 5 nitrogen and oxygen atoms in total. The van der Waals surface area contributed by atoms with Gasteiger partial charge in [-0.1, -0.05) is 42.5 Å². The first-order chi connectivity index (χ1) is 15.1. The molecule has 0 fully saturated rings. The number of aryl methyl sites for hydroxylation is 1. The third-order valence-corrected chi connectivity index (χ3v) is 5.17. The lowest BCUT2D eigenvalue weighted by atomic mass is 10.1. The first-order valence-electron chi connectivity index (χ1n) is 9.87. The summed E-state index contributed by atoms with van der Waals surface area (Å²) in [4.78, 5) is 22.4. The van der Waals surface area contributed by atoms with E-state index in [0.717, 1.165) is 11.1 Å². The maximum absolute atomic E-state index is 13.7. The Hall–Kier alpha value is -4.06. The quantitative estimate of drug-likeness (QED) is 0.363. The van der Waals surface area contributed by atoms with Gasteiger partial charge in [0.25, 0.3) is 0 Å². The highest BCUT2D eigenvalue weighted by Gasteiger charge is 2.22. The van der Waals surface area contributed by atoms with Gasteiger partial charge in [-0.15, -0.1) is 0 Å². The number of halogens is 1. The van der Waals surface area contributed by atoms with E-state index >= 15 is 0 Å². The molecule has 152 valence electrons. The second-order valence-corrected chi connectivity index (χ2v) is 7.24. The molecule has 0 aliphatic heterocycles. The predicted molar refractivity (Wildman–Crippen MR) is 115 cm³/mol. The minimum absolute atomic E-state index is 0.232. The number of fused-ring (bicyclic) bond motifs is 1. The van der Waals surface area contributed by atoms with E-state index in [1.54, 1.807) is 6.07 Å². The molecule has 0 atom stereocenters. The van der Waals surface area contributed by atoms with Gasteiger partial charge >= 0.3 is 0 Å². The summed E-state index contributed by atoms with van der Waals surface area (Å²) in [5, 5.41) is 0. The Morgan fingerprint density at radius 1 is 0.968 bits per heavy atom. The Labute approximate surface area is 177 Å². The van der Waals surface area contributed by atoms with Crippen LogP contribution in [0.3, 0.4) is 0 Å². The predicted octanol–water partition coefficient (Wildman–Crippen LogP) is 5.42. The highest BCUT2D eigenvalue weighted by molar-refractivity contribution is 6.08. The normalized spacial score (nSPS) is 11.2. The lowest BCUT2D eigenvalue weighted by Gasteiger charge is -2.07. The van der Waals surface area contributed by atoms with E-state index < -0.39 is 5.82 Å². The van der Waals surface area contributed by atoms with Gasteiger partial charge < -0.3 is 8.98 Å². The van der Waals surface area contributed by atoms with E-state index in [0.29, 0.717) is 29.4 Å². The molecule has 0 amide bonds. The number of hydrogen-bond donors (Lipinski definition) is 0. The van der Waals surface area contributed by atoms with Crippen molar-refractivity contribution in [1.82, 2.24) is 14.5 Å². The molecule has 3 aromatic carbocycles. The Bertz CT molecular complexity index is 1400. The van der Waals surface area contributed by atoms with Crippen molar-refractivity contribution in [2.45, 2.75) is 13.5 Å². The number of carbonyl (C=O) groups is 1. The summed E-state index contributed by atoms with van der Waals surface area (Å²) in [5.41, 5.74) is 3.31. The number of para-hydroxylation sites is 2. The van der Waals surface area contributed by atoms with Crippen molar-refractivity contribution in [2.24, 2.45) is 0 Å². The van der Waals surface area contributed by atoms with Crippen molar-refractivity contribution in [2.75, 3.05) is 0 Å². The highest BCUT2D eigenvalue weighted by atomic mass is 19.1. The van der Waals surface area contributed by atoms with Gasteiger partial charge in [0.1, 0.15) is 17.3 Å². The number of rotatable bonds is 5. The van der Waals surface area contributed by atoms with Crippen molar-refractivity contribution < 1.29 is 13.6 Å². The first-order valence-corrected chi connectivity index (χ1v) is 9.87. The third kappa shape index (κ3) is 3.53.